The molecule has 3 heterocycles. The number of nitrogens with zero attached hydrogens (tertiary/aromatic N) is 2. The Morgan fingerprint density at radius 1 is 1.24 bits per heavy atom. The van der Waals surface area contributed by atoms with E-state index in [4.69, 9.17) is 0 Å². The maximum absolute atomic E-state index is 13.2. The molecule has 2 aliphatic rings. The number of fused-ring (bicyclic) bond motifs is 3. The van der Waals surface area contributed by atoms with Crippen LogP contribution in [0.3, 0.4) is 0 Å². The van der Waals surface area contributed by atoms with Gasteiger partial charge >= 0.3 is 0 Å². The fourth-order valence-corrected chi connectivity index (χ4v) is 4.98. The minimum Gasteiger partial charge on any atom is -0.396 e. The lowest BCUT2D eigenvalue weighted by atomic mass is 9.88. The highest BCUT2D eigenvalue weighted by Gasteiger charge is 2.54. The number of amides is 1. The molecule has 1 fully saturated rings. The van der Waals surface area contributed by atoms with Crippen molar-refractivity contribution in [1.82, 2.24) is 14.8 Å². The number of benzene rings is 1. The second-order valence-corrected chi connectivity index (χ2v) is 7.95. The van der Waals surface area contributed by atoms with Gasteiger partial charge in [0.25, 0.3) is 5.56 Å². The van der Waals surface area contributed by atoms with E-state index in [-0.39, 0.29) is 41.8 Å². The average Bonchev–Trinajstić information content (AvgIpc) is 3.23. The van der Waals surface area contributed by atoms with Crippen LogP contribution in [0.25, 0.3) is 11.1 Å². The number of carbonyl (C=O) groups excluding carboxylic acids is 1. The minimum absolute atomic E-state index is 0.0152. The first-order valence-electron chi connectivity index (χ1n) is 10.1. The van der Waals surface area contributed by atoms with E-state index in [1.165, 1.54) is 12.1 Å². The number of nitrogens with one attached hydrogen (secondary N) is 1. The van der Waals surface area contributed by atoms with Crippen molar-refractivity contribution < 1.29 is 14.3 Å². The molecule has 29 heavy (non-hydrogen) atoms. The Morgan fingerprint density at radius 2 is 1.97 bits per heavy atom. The molecule has 1 aromatic heterocycles. The molecule has 6 nitrogen and oxygen atoms in total. The smallest absolute Gasteiger partial charge is 0.258 e. The molecule has 0 radical (unpaired) electrons. The highest BCUT2D eigenvalue weighted by atomic mass is 19.1. The molecule has 4 rings (SSSR count). The first-order chi connectivity index (χ1) is 14.0. The minimum atomic E-state index is -0.415. The SMILES string of the molecule is CCCNC(=O)[C@H]1[C@H](CO)[C@H]2Cn3c(ccc(-c4ccc(F)cc4)c3=O)[C@H]2N1C. The monoisotopic (exact) mass is 399 g/mol. The predicted octanol–water partition coefficient (Wildman–Crippen LogP) is 1.77. The van der Waals surface area contributed by atoms with Gasteiger partial charge in [-0.25, -0.2) is 4.39 Å². The second-order valence-electron chi connectivity index (χ2n) is 7.95. The maximum atomic E-state index is 13.2. The lowest BCUT2D eigenvalue weighted by Crippen LogP contribution is -2.47. The molecule has 2 N–H and O–H groups in total. The highest BCUT2D eigenvalue weighted by Crippen LogP contribution is 2.48. The van der Waals surface area contributed by atoms with E-state index in [0.29, 0.717) is 24.2 Å². The Bertz CT molecular complexity index is 972. The van der Waals surface area contributed by atoms with Gasteiger partial charge in [0, 0.05) is 42.8 Å². The molecule has 2 aliphatic heterocycles. The summed E-state index contributed by atoms with van der Waals surface area (Å²) in [6.07, 6.45) is 0.850. The van der Waals surface area contributed by atoms with Crippen molar-refractivity contribution in [2.45, 2.75) is 32.0 Å². The molecule has 2 aromatic rings. The van der Waals surface area contributed by atoms with Gasteiger partial charge in [-0.15, -0.1) is 0 Å². The van der Waals surface area contributed by atoms with Gasteiger partial charge in [-0.2, -0.15) is 0 Å². The number of aromatic nitrogens is 1. The Morgan fingerprint density at radius 3 is 2.62 bits per heavy atom. The van der Waals surface area contributed by atoms with Crippen LogP contribution < -0.4 is 10.9 Å². The Balaban J connectivity index is 1.69. The molecule has 154 valence electrons. The summed E-state index contributed by atoms with van der Waals surface area (Å²) in [4.78, 5) is 27.8. The number of likely N-dealkylation sites (N-methyl/N-ethyl adjacent to an activating group) is 1. The molecule has 0 spiro atoms. The van der Waals surface area contributed by atoms with Crippen LogP contribution in [0.15, 0.2) is 41.2 Å². The first-order valence-corrected chi connectivity index (χ1v) is 10.1. The number of hydrogen-bond donors (Lipinski definition) is 2. The van der Waals surface area contributed by atoms with E-state index in [1.807, 2.05) is 24.9 Å². The van der Waals surface area contributed by atoms with Crippen LogP contribution in [-0.2, 0) is 11.3 Å². The zero-order valence-electron chi connectivity index (χ0n) is 16.6. The van der Waals surface area contributed by atoms with Crippen LogP contribution in [0, 0.1) is 17.7 Å². The molecule has 1 saturated heterocycles. The number of likely N-dealkylation sites (tertiary alicyclic amines) is 1. The molecule has 1 aromatic carbocycles. The standard InChI is InChI=1S/C22H26FN3O3/c1-3-10-24-21(28)20-17(12-27)16-11-26-18(19(16)25(20)2)9-8-15(22(26)29)13-4-6-14(23)7-5-13/h4-9,16-17,19-20,27H,3,10-12H2,1-2H3,(H,24,28)/t16-,17-,19+,20-/m1/s1. The van der Waals surface area contributed by atoms with Gasteiger partial charge in [0.1, 0.15) is 5.82 Å². The molecular weight excluding hydrogens is 373 g/mol. The third-order valence-corrected chi connectivity index (χ3v) is 6.33. The van der Waals surface area contributed by atoms with E-state index in [9.17, 15) is 19.1 Å². The van der Waals surface area contributed by atoms with Crippen LogP contribution in [0.5, 0.6) is 0 Å². The Kier molecular flexibility index (Phi) is 5.27. The summed E-state index contributed by atoms with van der Waals surface area (Å²) in [5.41, 5.74) is 1.93. The van der Waals surface area contributed by atoms with Gasteiger partial charge < -0.3 is 15.0 Å². The van der Waals surface area contributed by atoms with Gasteiger partial charge in [0.15, 0.2) is 0 Å². The van der Waals surface area contributed by atoms with Crippen molar-refractivity contribution in [3.05, 3.63) is 58.3 Å². The highest BCUT2D eigenvalue weighted by molar-refractivity contribution is 5.82. The van der Waals surface area contributed by atoms with Gasteiger partial charge in [-0.05, 0) is 43.3 Å². The number of pyridine rings is 1. The summed E-state index contributed by atoms with van der Waals surface area (Å²) < 4.78 is 15.0. The van der Waals surface area contributed by atoms with Crippen molar-refractivity contribution in [3.8, 4) is 11.1 Å². The molecule has 0 saturated carbocycles. The Hall–Kier alpha value is -2.51. The van der Waals surface area contributed by atoms with E-state index in [0.717, 1.165) is 12.1 Å². The van der Waals surface area contributed by atoms with Crippen molar-refractivity contribution in [3.63, 3.8) is 0 Å². The molecule has 7 heteroatoms. The van der Waals surface area contributed by atoms with Crippen LogP contribution in [-0.4, -0.2) is 46.7 Å². The van der Waals surface area contributed by atoms with Crippen molar-refractivity contribution in [2.24, 2.45) is 11.8 Å². The number of halogens is 1. The van der Waals surface area contributed by atoms with Gasteiger partial charge in [-0.1, -0.05) is 19.1 Å². The molecule has 1 amide bonds. The summed E-state index contributed by atoms with van der Waals surface area (Å²) in [6.45, 7) is 2.95. The quantitative estimate of drug-likeness (QED) is 0.804. The van der Waals surface area contributed by atoms with Gasteiger partial charge in [-0.3, -0.25) is 14.5 Å². The van der Waals surface area contributed by atoms with Crippen LogP contribution in [0.1, 0.15) is 25.1 Å². The fraction of sp³-hybridized carbons (Fsp3) is 0.455. The lowest BCUT2D eigenvalue weighted by molar-refractivity contribution is -0.127. The van der Waals surface area contributed by atoms with E-state index in [2.05, 4.69) is 5.32 Å². The normalized spacial score (nSPS) is 25.7. The van der Waals surface area contributed by atoms with Crippen LogP contribution in [0.4, 0.5) is 4.39 Å². The summed E-state index contributed by atoms with van der Waals surface area (Å²) in [7, 11) is 1.89. The maximum Gasteiger partial charge on any atom is 0.258 e. The summed E-state index contributed by atoms with van der Waals surface area (Å²) in [6, 6.07) is 9.07. The molecule has 4 atom stereocenters. The number of aliphatic hydroxyl groups is 1. The van der Waals surface area contributed by atoms with E-state index >= 15 is 0 Å². The lowest BCUT2D eigenvalue weighted by Gasteiger charge is -2.27. The molecule has 0 unspecified atom stereocenters. The topological polar surface area (TPSA) is 74.6 Å². The summed E-state index contributed by atoms with van der Waals surface area (Å²) in [5, 5.41) is 13.0. The number of carbonyl (C=O) groups is 1. The van der Waals surface area contributed by atoms with Crippen molar-refractivity contribution in [1.29, 1.82) is 0 Å². The molecule has 0 bridgehead atoms. The Labute approximate surface area is 169 Å². The average molecular weight is 399 g/mol. The third-order valence-electron chi connectivity index (χ3n) is 6.33. The van der Waals surface area contributed by atoms with Crippen LogP contribution in [0.2, 0.25) is 0 Å². The number of aliphatic hydroxyl groups excluding tert-OH is 1. The number of rotatable bonds is 5. The molecule has 0 aliphatic carbocycles. The van der Waals surface area contributed by atoms with Crippen molar-refractivity contribution in [2.75, 3.05) is 20.2 Å². The van der Waals surface area contributed by atoms with Crippen molar-refractivity contribution >= 4 is 5.91 Å². The van der Waals surface area contributed by atoms with Gasteiger partial charge in [0.05, 0.1) is 12.1 Å². The van der Waals surface area contributed by atoms with Gasteiger partial charge in [0.2, 0.25) is 5.91 Å². The number of hydrogen-bond acceptors (Lipinski definition) is 4. The molecular formula is C22H26FN3O3. The van der Waals surface area contributed by atoms with Crippen LogP contribution >= 0.6 is 0 Å². The van der Waals surface area contributed by atoms with E-state index in [1.54, 1.807) is 22.8 Å². The largest absolute Gasteiger partial charge is 0.396 e. The third kappa shape index (κ3) is 3.18. The fourth-order valence-electron chi connectivity index (χ4n) is 4.98. The summed E-state index contributed by atoms with van der Waals surface area (Å²) in [5.74, 6) is -0.669. The first kappa shape index (κ1) is 19.8. The second kappa shape index (κ2) is 7.72. The predicted molar refractivity (Wildman–Crippen MR) is 108 cm³/mol. The zero-order valence-corrected chi connectivity index (χ0v) is 16.6. The summed E-state index contributed by atoms with van der Waals surface area (Å²) >= 11 is 0. The van der Waals surface area contributed by atoms with E-state index < -0.39 is 6.04 Å². The zero-order chi connectivity index (χ0) is 20.7.